The molecule has 0 spiro atoms. The average molecular weight is 277 g/mol. The van der Waals surface area contributed by atoms with E-state index in [1.54, 1.807) is 12.4 Å². The lowest BCUT2D eigenvalue weighted by molar-refractivity contribution is -0.133. The van der Waals surface area contributed by atoms with Crippen molar-refractivity contribution >= 4 is 17.7 Å². The summed E-state index contributed by atoms with van der Waals surface area (Å²) in [6.45, 7) is 4.66. The number of carbonyl (C=O) groups is 1. The van der Waals surface area contributed by atoms with E-state index >= 15 is 0 Å². The van der Waals surface area contributed by atoms with Crippen molar-refractivity contribution in [2.75, 3.05) is 5.75 Å². The highest BCUT2D eigenvalue weighted by molar-refractivity contribution is 7.99. The van der Waals surface area contributed by atoms with Crippen LogP contribution in [0.25, 0.3) is 0 Å². The summed E-state index contributed by atoms with van der Waals surface area (Å²) in [6, 6.07) is 1.96. The largest absolute Gasteiger partial charge is 0.481 e. The molecule has 100 valence electrons. The third-order valence-electron chi connectivity index (χ3n) is 2.82. The number of aryl methyl sites for hydroxylation is 2. The number of hydrogen-bond donors (Lipinski definition) is 1. The summed E-state index contributed by atoms with van der Waals surface area (Å²) < 4.78 is 2.01. The SMILES string of the molecule is Cc1ccncc1Cn1c(C)cnc1SCC(=O)O. The average Bonchev–Trinajstić information content (AvgIpc) is 2.71. The van der Waals surface area contributed by atoms with Crippen LogP contribution in [0.15, 0.2) is 29.8 Å². The Morgan fingerprint density at radius 2 is 2.21 bits per heavy atom. The second-order valence-electron chi connectivity index (χ2n) is 4.25. The first-order chi connectivity index (χ1) is 9.08. The summed E-state index contributed by atoms with van der Waals surface area (Å²) in [5, 5.41) is 9.46. The maximum atomic E-state index is 10.6. The fraction of sp³-hybridized carbons (Fsp3) is 0.308. The quantitative estimate of drug-likeness (QED) is 0.848. The highest BCUT2D eigenvalue weighted by atomic mass is 32.2. The summed E-state index contributed by atoms with van der Waals surface area (Å²) in [6.07, 6.45) is 5.36. The molecule has 0 atom stereocenters. The normalized spacial score (nSPS) is 10.6. The molecule has 0 aliphatic heterocycles. The van der Waals surface area contributed by atoms with Crippen molar-refractivity contribution in [3.05, 3.63) is 41.5 Å². The number of nitrogens with zero attached hydrogens (tertiary/aromatic N) is 3. The van der Waals surface area contributed by atoms with Crippen LogP contribution in [0.4, 0.5) is 0 Å². The summed E-state index contributed by atoms with van der Waals surface area (Å²) in [4.78, 5) is 19.0. The number of pyridine rings is 1. The second-order valence-corrected chi connectivity index (χ2v) is 5.20. The van der Waals surface area contributed by atoms with E-state index in [-0.39, 0.29) is 5.75 Å². The van der Waals surface area contributed by atoms with E-state index in [9.17, 15) is 4.79 Å². The van der Waals surface area contributed by atoms with E-state index in [1.807, 2.05) is 30.7 Å². The number of carboxylic acids is 1. The molecule has 0 amide bonds. The molecule has 2 heterocycles. The number of aliphatic carboxylic acids is 1. The molecule has 0 aromatic carbocycles. The Balaban J connectivity index is 2.22. The predicted molar refractivity (Wildman–Crippen MR) is 73.4 cm³/mol. The van der Waals surface area contributed by atoms with Gasteiger partial charge < -0.3 is 9.67 Å². The van der Waals surface area contributed by atoms with E-state index in [4.69, 9.17) is 5.11 Å². The Morgan fingerprint density at radius 3 is 2.89 bits per heavy atom. The van der Waals surface area contributed by atoms with Crippen molar-refractivity contribution in [3.63, 3.8) is 0 Å². The topological polar surface area (TPSA) is 68.0 Å². The first-order valence-corrected chi connectivity index (χ1v) is 6.82. The third kappa shape index (κ3) is 3.35. The zero-order valence-corrected chi connectivity index (χ0v) is 11.6. The fourth-order valence-corrected chi connectivity index (χ4v) is 2.45. The van der Waals surface area contributed by atoms with Gasteiger partial charge in [-0.2, -0.15) is 0 Å². The van der Waals surface area contributed by atoms with Crippen LogP contribution >= 0.6 is 11.8 Å². The molecule has 0 saturated heterocycles. The lowest BCUT2D eigenvalue weighted by atomic mass is 10.1. The second kappa shape index (κ2) is 5.88. The molecule has 0 saturated carbocycles. The molecule has 2 aromatic rings. The Kier molecular flexibility index (Phi) is 4.21. The minimum absolute atomic E-state index is 0.0163. The molecule has 6 heteroatoms. The molecule has 0 fully saturated rings. The maximum absolute atomic E-state index is 10.6. The fourth-order valence-electron chi connectivity index (χ4n) is 1.71. The van der Waals surface area contributed by atoms with Gasteiger partial charge in [0.2, 0.25) is 0 Å². The molecule has 0 bridgehead atoms. The van der Waals surface area contributed by atoms with Crippen LogP contribution in [0.5, 0.6) is 0 Å². The number of hydrogen-bond acceptors (Lipinski definition) is 4. The van der Waals surface area contributed by atoms with Gasteiger partial charge in [-0.15, -0.1) is 0 Å². The number of aromatic nitrogens is 3. The summed E-state index contributed by atoms with van der Waals surface area (Å²) in [5.74, 6) is -0.822. The summed E-state index contributed by atoms with van der Waals surface area (Å²) in [7, 11) is 0. The van der Waals surface area contributed by atoms with Crippen molar-refractivity contribution in [1.29, 1.82) is 0 Å². The van der Waals surface area contributed by atoms with Crippen molar-refractivity contribution < 1.29 is 9.90 Å². The van der Waals surface area contributed by atoms with Crippen molar-refractivity contribution in [1.82, 2.24) is 14.5 Å². The minimum atomic E-state index is -0.838. The van der Waals surface area contributed by atoms with Gasteiger partial charge in [-0.25, -0.2) is 4.98 Å². The van der Waals surface area contributed by atoms with E-state index in [2.05, 4.69) is 9.97 Å². The number of thioether (sulfide) groups is 1. The van der Waals surface area contributed by atoms with Crippen molar-refractivity contribution in [2.45, 2.75) is 25.5 Å². The molecule has 0 aliphatic rings. The van der Waals surface area contributed by atoms with Crippen LogP contribution in [-0.2, 0) is 11.3 Å². The monoisotopic (exact) mass is 277 g/mol. The van der Waals surface area contributed by atoms with Gasteiger partial charge in [-0.3, -0.25) is 9.78 Å². The highest BCUT2D eigenvalue weighted by Gasteiger charge is 2.11. The van der Waals surface area contributed by atoms with Crippen LogP contribution in [0, 0.1) is 13.8 Å². The van der Waals surface area contributed by atoms with E-state index < -0.39 is 5.97 Å². The van der Waals surface area contributed by atoms with Crippen LogP contribution < -0.4 is 0 Å². The van der Waals surface area contributed by atoms with Crippen LogP contribution in [-0.4, -0.2) is 31.4 Å². The molecule has 0 radical (unpaired) electrons. The summed E-state index contributed by atoms with van der Waals surface area (Å²) >= 11 is 1.23. The van der Waals surface area contributed by atoms with Gasteiger partial charge >= 0.3 is 5.97 Å². The minimum Gasteiger partial charge on any atom is -0.481 e. The molecular formula is C13H15N3O2S. The molecule has 0 aliphatic carbocycles. The molecule has 0 unspecified atom stereocenters. The van der Waals surface area contributed by atoms with E-state index in [0.29, 0.717) is 6.54 Å². The van der Waals surface area contributed by atoms with Gasteiger partial charge in [0.05, 0.1) is 12.3 Å². The Morgan fingerprint density at radius 1 is 1.42 bits per heavy atom. The molecule has 2 rings (SSSR count). The highest BCUT2D eigenvalue weighted by Crippen LogP contribution is 2.20. The number of carboxylic acid groups (broad SMARTS) is 1. The first kappa shape index (κ1) is 13.6. The van der Waals surface area contributed by atoms with Crippen LogP contribution in [0.3, 0.4) is 0 Å². The van der Waals surface area contributed by atoms with Gasteiger partial charge in [-0.1, -0.05) is 11.8 Å². The van der Waals surface area contributed by atoms with Crippen molar-refractivity contribution in [3.8, 4) is 0 Å². The molecule has 2 aromatic heterocycles. The molecule has 19 heavy (non-hydrogen) atoms. The Hall–Kier alpha value is -1.82. The van der Waals surface area contributed by atoms with E-state index in [0.717, 1.165) is 22.0 Å². The smallest absolute Gasteiger partial charge is 0.313 e. The maximum Gasteiger partial charge on any atom is 0.313 e. The summed E-state index contributed by atoms with van der Waals surface area (Å²) in [5.41, 5.74) is 3.29. The van der Waals surface area contributed by atoms with Gasteiger partial charge in [0.25, 0.3) is 0 Å². The number of imidazole rings is 1. The standard InChI is InChI=1S/C13H15N3O2S/c1-9-3-4-14-6-11(9)7-16-10(2)5-15-13(16)19-8-12(17)18/h3-6H,7-8H2,1-2H3,(H,17,18). The van der Waals surface area contributed by atoms with Gasteiger partial charge in [0, 0.05) is 24.3 Å². The first-order valence-electron chi connectivity index (χ1n) is 5.84. The van der Waals surface area contributed by atoms with Gasteiger partial charge in [0.15, 0.2) is 5.16 Å². The van der Waals surface area contributed by atoms with Crippen molar-refractivity contribution in [2.24, 2.45) is 0 Å². The van der Waals surface area contributed by atoms with Gasteiger partial charge in [-0.05, 0) is 31.0 Å². The lowest BCUT2D eigenvalue weighted by Crippen LogP contribution is -2.07. The lowest BCUT2D eigenvalue weighted by Gasteiger charge is -2.10. The third-order valence-corrected chi connectivity index (χ3v) is 3.79. The zero-order chi connectivity index (χ0) is 13.8. The van der Waals surface area contributed by atoms with Crippen LogP contribution in [0.1, 0.15) is 16.8 Å². The molecule has 1 N–H and O–H groups in total. The molecule has 5 nitrogen and oxygen atoms in total. The Bertz CT molecular complexity index is 595. The molecular weight excluding hydrogens is 262 g/mol. The predicted octanol–water partition coefficient (Wildman–Crippen LogP) is 2.12. The van der Waals surface area contributed by atoms with E-state index in [1.165, 1.54) is 11.8 Å². The Labute approximate surface area is 115 Å². The van der Waals surface area contributed by atoms with Gasteiger partial charge in [0.1, 0.15) is 0 Å². The van der Waals surface area contributed by atoms with Crippen LogP contribution in [0.2, 0.25) is 0 Å². The number of rotatable bonds is 5. The zero-order valence-electron chi connectivity index (χ0n) is 10.8.